The monoisotopic (exact) mass is 419 g/mol. The van der Waals surface area contributed by atoms with Crippen molar-refractivity contribution in [2.45, 2.75) is 37.6 Å². The van der Waals surface area contributed by atoms with E-state index in [-0.39, 0.29) is 16.1 Å². The molecule has 0 aliphatic heterocycles. The van der Waals surface area contributed by atoms with Crippen molar-refractivity contribution in [1.82, 2.24) is 0 Å². The van der Waals surface area contributed by atoms with Crippen LogP contribution < -0.4 is 0 Å². The predicted molar refractivity (Wildman–Crippen MR) is 106 cm³/mol. The molecule has 0 saturated carbocycles. The second-order valence-electron chi connectivity index (χ2n) is 6.64. The molecule has 26 heavy (non-hydrogen) atoms. The van der Waals surface area contributed by atoms with Gasteiger partial charge in [-0.3, -0.25) is 0 Å². The summed E-state index contributed by atoms with van der Waals surface area (Å²) in [5.74, 6) is -0.589. The van der Waals surface area contributed by atoms with E-state index in [9.17, 15) is 17.7 Å². The summed E-state index contributed by atoms with van der Waals surface area (Å²) >= 11 is 9.80. The van der Waals surface area contributed by atoms with Crippen molar-refractivity contribution >= 4 is 46.3 Å². The summed E-state index contributed by atoms with van der Waals surface area (Å²) in [5, 5.41) is 0.147. The Labute approximate surface area is 164 Å². The number of allylic oxidation sites excluding steroid dienone is 4. The minimum atomic E-state index is -4.61. The van der Waals surface area contributed by atoms with E-state index >= 15 is 0 Å². The van der Waals surface area contributed by atoms with Gasteiger partial charge in [0.05, 0.1) is 11.8 Å². The SMILES string of the molecule is CC(C)(C)[S+]([O-])N=Cc1c(C(F)(F)F)ccc(Cl)c1C1C=CC=CC1=S. The van der Waals surface area contributed by atoms with E-state index in [0.717, 1.165) is 12.3 Å². The molecule has 140 valence electrons. The molecule has 1 aromatic rings. The van der Waals surface area contributed by atoms with Gasteiger partial charge < -0.3 is 4.55 Å². The third kappa shape index (κ3) is 4.76. The van der Waals surface area contributed by atoms with E-state index in [0.29, 0.717) is 4.86 Å². The molecule has 0 bridgehead atoms. The largest absolute Gasteiger partial charge is 0.591 e. The molecule has 0 spiro atoms. The predicted octanol–water partition coefficient (Wildman–Crippen LogP) is 5.82. The maximum Gasteiger partial charge on any atom is 0.417 e. The highest BCUT2D eigenvalue weighted by molar-refractivity contribution is 7.91. The van der Waals surface area contributed by atoms with Crippen molar-refractivity contribution in [3.63, 3.8) is 0 Å². The highest BCUT2D eigenvalue weighted by Gasteiger charge is 2.36. The number of benzene rings is 1. The van der Waals surface area contributed by atoms with E-state index in [1.54, 1.807) is 45.1 Å². The van der Waals surface area contributed by atoms with Crippen LogP contribution >= 0.6 is 23.8 Å². The molecule has 0 heterocycles. The summed E-state index contributed by atoms with van der Waals surface area (Å²) in [7, 11) is 0. The van der Waals surface area contributed by atoms with Crippen molar-refractivity contribution in [2.75, 3.05) is 0 Å². The van der Waals surface area contributed by atoms with Crippen molar-refractivity contribution in [3.8, 4) is 0 Å². The first-order valence-electron chi connectivity index (χ1n) is 7.67. The molecule has 1 aliphatic rings. The fourth-order valence-corrected chi connectivity index (χ4v) is 3.41. The number of alkyl halides is 3. The lowest BCUT2D eigenvalue weighted by atomic mass is 9.87. The standard InChI is InChI=1S/C18H17ClF3NOS2/c1-17(2,3)26(24)23-10-12-13(18(20,21)22)8-9-14(19)16(12)11-6-4-5-7-15(11)25/h4-11H,1-3H3. The molecule has 0 saturated heterocycles. The Morgan fingerprint density at radius 1 is 1.23 bits per heavy atom. The van der Waals surface area contributed by atoms with Gasteiger partial charge in [-0.2, -0.15) is 13.2 Å². The van der Waals surface area contributed by atoms with E-state index in [2.05, 4.69) is 4.40 Å². The number of nitrogens with zero attached hydrogens (tertiary/aromatic N) is 1. The van der Waals surface area contributed by atoms with Gasteiger partial charge in [-0.25, -0.2) is 0 Å². The number of thiocarbonyl (C=S) groups is 1. The van der Waals surface area contributed by atoms with Crippen LogP contribution in [0.5, 0.6) is 0 Å². The highest BCUT2D eigenvalue weighted by atomic mass is 35.5. The number of hydrogen-bond acceptors (Lipinski definition) is 3. The van der Waals surface area contributed by atoms with Gasteiger partial charge in [0.1, 0.15) is 16.1 Å². The van der Waals surface area contributed by atoms with Crippen LogP contribution in [0.4, 0.5) is 13.2 Å². The van der Waals surface area contributed by atoms with Crippen molar-refractivity contribution < 1.29 is 17.7 Å². The Kier molecular flexibility index (Phi) is 6.38. The van der Waals surface area contributed by atoms with Crippen molar-refractivity contribution in [1.29, 1.82) is 0 Å². The van der Waals surface area contributed by atoms with Gasteiger partial charge in [-0.1, -0.05) is 46.4 Å². The van der Waals surface area contributed by atoms with Crippen LogP contribution in [0.3, 0.4) is 0 Å². The molecule has 1 aliphatic carbocycles. The lowest BCUT2D eigenvalue weighted by molar-refractivity contribution is -0.137. The van der Waals surface area contributed by atoms with Crippen LogP contribution in [0.2, 0.25) is 5.02 Å². The van der Waals surface area contributed by atoms with Crippen LogP contribution in [-0.2, 0) is 17.5 Å². The van der Waals surface area contributed by atoms with Gasteiger partial charge >= 0.3 is 6.18 Å². The summed E-state index contributed by atoms with van der Waals surface area (Å²) in [6.45, 7) is 5.06. The Bertz CT molecular complexity index is 795. The Morgan fingerprint density at radius 2 is 1.88 bits per heavy atom. The first kappa shape index (κ1) is 21.2. The number of halogens is 4. The van der Waals surface area contributed by atoms with Crippen molar-refractivity contribution in [3.05, 3.63) is 58.1 Å². The summed E-state index contributed by atoms with van der Waals surface area (Å²) < 4.78 is 56.0. The lowest BCUT2D eigenvalue weighted by Crippen LogP contribution is -2.26. The van der Waals surface area contributed by atoms with E-state index < -0.39 is 33.8 Å². The quantitative estimate of drug-likeness (QED) is 0.351. The smallest absolute Gasteiger partial charge is 0.417 e. The molecule has 2 unspecified atom stereocenters. The molecule has 0 aromatic heterocycles. The van der Waals surface area contributed by atoms with E-state index in [1.165, 1.54) is 6.07 Å². The molecule has 2 atom stereocenters. The Morgan fingerprint density at radius 3 is 2.42 bits per heavy atom. The summed E-state index contributed by atoms with van der Waals surface area (Å²) in [4.78, 5) is 0.445. The van der Waals surface area contributed by atoms with Crippen molar-refractivity contribution in [2.24, 2.45) is 4.40 Å². The zero-order valence-electron chi connectivity index (χ0n) is 14.3. The van der Waals surface area contributed by atoms with Crippen LogP contribution in [0, 0.1) is 0 Å². The molecule has 8 heteroatoms. The van der Waals surface area contributed by atoms with E-state index in [1.807, 2.05) is 0 Å². The average molecular weight is 420 g/mol. The summed E-state index contributed by atoms with van der Waals surface area (Å²) in [5.41, 5.74) is -0.894. The third-order valence-electron chi connectivity index (χ3n) is 3.63. The second kappa shape index (κ2) is 7.84. The van der Waals surface area contributed by atoms with Gasteiger partial charge in [-0.15, -0.1) is 0 Å². The minimum absolute atomic E-state index is 0.147. The molecular formula is C18H17ClF3NOS2. The molecular weight excluding hydrogens is 403 g/mol. The number of rotatable bonds is 3. The van der Waals surface area contributed by atoms with Crippen LogP contribution in [-0.4, -0.2) is 20.4 Å². The Balaban J connectivity index is 2.67. The summed E-state index contributed by atoms with van der Waals surface area (Å²) in [6.07, 6.45) is 3.13. The van der Waals surface area contributed by atoms with Crippen LogP contribution in [0.25, 0.3) is 0 Å². The first-order valence-corrected chi connectivity index (χ1v) is 9.56. The molecule has 2 rings (SSSR count). The molecule has 0 amide bonds. The summed E-state index contributed by atoms with van der Waals surface area (Å²) in [6, 6.07) is 2.10. The molecule has 0 fully saturated rings. The zero-order chi connectivity index (χ0) is 19.7. The van der Waals surface area contributed by atoms with E-state index in [4.69, 9.17) is 23.8 Å². The minimum Gasteiger partial charge on any atom is -0.591 e. The number of hydrogen-bond donors (Lipinski definition) is 0. The topological polar surface area (TPSA) is 35.4 Å². The van der Waals surface area contributed by atoms with Gasteiger partial charge in [0.25, 0.3) is 0 Å². The average Bonchev–Trinajstić information content (AvgIpc) is 2.51. The maximum atomic E-state index is 13.5. The highest BCUT2D eigenvalue weighted by Crippen LogP contribution is 2.39. The van der Waals surface area contributed by atoms with Crippen LogP contribution in [0.1, 0.15) is 43.4 Å². The fraction of sp³-hybridized carbons (Fsp3) is 0.333. The molecule has 2 nitrogen and oxygen atoms in total. The Hall–Kier alpha value is -1.15. The molecule has 0 N–H and O–H groups in total. The van der Waals surface area contributed by atoms with Crippen LogP contribution in [0.15, 0.2) is 40.8 Å². The first-order chi connectivity index (χ1) is 11.9. The lowest BCUT2D eigenvalue weighted by Gasteiger charge is -2.22. The fourth-order valence-electron chi connectivity index (χ4n) is 2.33. The second-order valence-corrected chi connectivity index (χ2v) is 9.45. The normalized spacial score (nSPS) is 19.4. The molecule has 1 aromatic carbocycles. The van der Waals surface area contributed by atoms with Gasteiger partial charge in [0.15, 0.2) is 0 Å². The molecule has 0 radical (unpaired) electrons. The van der Waals surface area contributed by atoms with Gasteiger partial charge in [0.2, 0.25) is 0 Å². The van der Waals surface area contributed by atoms with Gasteiger partial charge in [0, 0.05) is 21.4 Å². The van der Waals surface area contributed by atoms with Gasteiger partial charge in [-0.05, 0) is 44.5 Å². The zero-order valence-corrected chi connectivity index (χ0v) is 16.7. The maximum absolute atomic E-state index is 13.5. The third-order valence-corrected chi connectivity index (χ3v) is 5.70.